The van der Waals surface area contributed by atoms with Gasteiger partial charge in [-0.05, 0) is 6.42 Å². The molecule has 0 saturated carbocycles. The fourth-order valence-corrected chi connectivity index (χ4v) is 1.17. The predicted octanol–water partition coefficient (Wildman–Crippen LogP) is 1.17. The number of hydrogen-bond acceptors (Lipinski definition) is 4. The van der Waals surface area contributed by atoms with E-state index in [2.05, 4.69) is 4.74 Å². The second-order valence-electron chi connectivity index (χ2n) is 2.95. The van der Waals surface area contributed by atoms with Crippen LogP contribution in [0.5, 0.6) is 0 Å². The van der Waals surface area contributed by atoms with Gasteiger partial charge in [-0.1, -0.05) is 0 Å². The number of thiol groups is 1. The van der Waals surface area contributed by atoms with Gasteiger partial charge in [-0.15, -0.1) is 0 Å². The minimum Gasteiger partial charge on any atom is -0.466 e. The minimum atomic E-state index is -5.08. The number of halogens is 4. The summed E-state index contributed by atoms with van der Waals surface area (Å²) < 4.78 is 74.4. The average Bonchev–Trinajstić information content (AvgIpc) is 2.11. The quantitative estimate of drug-likeness (QED) is 0.339. The molecule has 0 aromatic rings. The first-order valence-corrected chi connectivity index (χ1v) is 5.32. The second-order valence-corrected chi connectivity index (χ2v) is 4.02. The molecule has 0 amide bonds. The first-order valence-electron chi connectivity index (χ1n) is 4.15. The van der Waals surface area contributed by atoms with Gasteiger partial charge in [0.1, 0.15) is 0 Å². The predicted molar refractivity (Wildman–Crippen MR) is 46.1 cm³/mol. The van der Waals surface area contributed by atoms with Gasteiger partial charge in [-0.25, -0.2) is 8.42 Å². The van der Waals surface area contributed by atoms with Gasteiger partial charge < -0.3 is 4.74 Å². The fourth-order valence-electron chi connectivity index (χ4n) is 0.794. The monoisotopic (exact) mass is 266 g/mol. The van der Waals surface area contributed by atoms with Crippen LogP contribution in [0.15, 0.2) is 0 Å². The Morgan fingerprint density at radius 1 is 1.25 bits per heavy atom. The molecule has 0 aromatic carbocycles. The zero-order chi connectivity index (χ0) is 13.0. The molecule has 0 aliphatic carbocycles. The van der Waals surface area contributed by atoms with Crippen LogP contribution >= 0.6 is 0 Å². The third kappa shape index (κ3) is 3.95. The van der Waals surface area contributed by atoms with E-state index in [1.54, 1.807) is 0 Å². The van der Waals surface area contributed by atoms with Crippen molar-refractivity contribution in [2.24, 2.45) is 0 Å². The van der Waals surface area contributed by atoms with Crippen molar-refractivity contribution >= 4 is 16.7 Å². The lowest BCUT2D eigenvalue weighted by molar-refractivity contribution is -0.162. The molecule has 0 aromatic heterocycles. The summed E-state index contributed by atoms with van der Waals surface area (Å²) in [4.78, 5) is 10.2. The topological polar surface area (TPSA) is 60.4 Å². The van der Waals surface area contributed by atoms with Crippen LogP contribution < -0.4 is 0 Å². The molecule has 0 atom stereocenters. The van der Waals surface area contributed by atoms with Crippen LogP contribution in [0.2, 0.25) is 0 Å². The molecular weight excluding hydrogens is 256 g/mol. The summed E-state index contributed by atoms with van der Waals surface area (Å²) in [5.41, 5.74) is 0. The lowest BCUT2D eigenvalue weighted by Gasteiger charge is -2.21. The number of carbonyl (C=O) groups excluding carboxylic acids is 1. The Balaban J connectivity index is 4.30. The van der Waals surface area contributed by atoms with E-state index in [0.29, 0.717) is 0 Å². The zero-order valence-electron chi connectivity index (χ0n) is 8.21. The fraction of sp³-hybridized carbons (Fsp3) is 0.857. The van der Waals surface area contributed by atoms with Crippen LogP contribution in [-0.2, 0) is 20.2 Å². The Morgan fingerprint density at radius 3 is 2.12 bits per heavy atom. The Kier molecular flexibility index (Phi) is 5.17. The molecule has 0 aliphatic heterocycles. The van der Waals surface area contributed by atoms with E-state index >= 15 is 0 Å². The highest BCUT2D eigenvalue weighted by molar-refractivity contribution is 7.73. The summed E-state index contributed by atoms with van der Waals surface area (Å²) in [6.45, 7) is 0.567. The molecule has 4 nitrogen and oxygen atoms in total. The van der Waals surface area contributed by atoms with Gasteiger partial charge in [0.15, 0.2) is 0 Å². The highest BCUT2D eigenvalue weighted by Gasteiger charge is 2.58. The van der Waals surface area contributed by atoms with Crippen molar-refractivity contribution < 1.29 is 35.5 Å². The van der Waals surface area contributed by atoms with Crippen molar-refractivity contribution in [3.05, 3.63) is 0 Å². The maximum Gasteiger partial charge on any atom is 0.404 e. The Morgan fingerprint density at radius 2 is 1.75 bits per heavy atom. The summed E-state index contributed by atoms with van der Waals surface area (Å²) >= 11 is 0. The molecule has 0 fully saturated rings. The van der Waals surface area contributed by atoms with Crippen LogP contribution in [0, 0.1) is 0 Å². The van der Waals surface area contributed by atoms with Crippen LogP contribution in [0.1, 0.15) is 19.8 Å². The van der Waals surface area contributed by atoms with E-state index in [0.717, 1.165) is 6.92 Å². The Bertz CT molecular complexity index is 318. The standard InChI is InChI=1S/C7H10F4O4S/c1-5(12)15-4-2-3-6(8,9)7(10,11)16(13)14/h16H,2-4H2,1H3. The maximum atomic E-state index is 12.7. The normalized spacial score (nSPS) is 12.9. The summed E-state index contributed by atoms with van der Waals surface area (Å²) in [7, 11) is -4.56. The van der Waals surface area contributed by atoms with E-state index in [4.69, 9.17) is 0 Å². The maximum absolute atomic E-state index is 12.7. The van der Waals surface area contributed by atoms with E-state index in [1.807, 2.05) is 0 Å². The first-order chi connectivity index (χ1) is 7.11. The highest BCUT2D eigenvalue weighted by Crippen LogP contribution is 2.38. The lowest BCUT2D eigenvalue weighted by atomic mass is 10.2. The Hall–Kier alpha value is -0.860. The van der Waals surface area contributed by atoms with Crippen LogP contribution in [0.4, 0.5) is 17.6 Å². The zero-order valence-corrected chi connectivity index (χ0v) is 9.11. The van der Waals surface area contributed by atoms with E-state index < -0.39 is 47.3 Å². The second kappa shape index (κ2) is 5.46. The molecule has 16 heavy (non-hydrogen) atoms. The van der Waals surface area contributed by atoms with Crippen molar-refractivity contribution in [3.8, 4) is 0 Å². The van der Waals surface area contributed by atoms with Gasteiger partial charge >= 0.3 is 17.1 Å². The molecule has 0 radical (unpaired) electrons. The number of carbonyl (C=O) groups is 1. The van der Waals surface area contributed by atoms with Crippen LogP contribution in [0.25, 0.3) is 0 Å². The molecule has 0 spiro atoms. The molecule has 0 saturated heterocycles. The Labute approximate surface area is 90.5 Å². The SMILES string of the molecule is CC(=O)OCCCC(F)(F)C(F)(F)[SH](=O)=O. The van der Waals surface area contributed by atoms with Gasteiger partial charge in [0, 0.05) is 13.3 Å². The van der Waals surface area contributed by atoms with Gasteiger partial charge in [0.25, 0.3) is 0 Å². The summed E-state index contributed by atoms with van der Waals surface area (Å²) in [5.74, 6) is -5.40. The number of alkyl halides is 4. The lowest BCUT2D eigenvalue weighted by Crippen LogP contribution is -2.41. The van der Waals surface area contributed by atoms with E-state index in [9.17, 15) is 30.8 Å². The van der Waals surface area contributed by atoms with Gasteiger partial charge in [0.2, 0.25) is 10.7 Å². The third-order valence-electron chi connectivity index (χ3n) is 1.61. The van der Waals surface area contributed by atoms with Crippen molar-refractivity contribution in [2.45, 2.75) is 30.9 Å². The van der Waals surface area contributed by atoms with Crippen molar-refractivity contribution in [2.75, 3.05) is 6.61 Å². The van der Waals surface area contributed by atoms with Crippen molar-refractivity contribution in [1.82, 2.24) is 0 Å². The molecule has 0 N–H and O–H groups in total. The highest BCUT2D eigenvalue weighted by atomic mass is 32.2. The van der Waals surface area contributed by atoms with E-state index in [-0.39, 0.29) is 0 Å². The summed E-state index contributed by atoms with van der Waals surface area (Å²) in [6.07, 6.45) is -1.93. The molecule has 0 aliphatic rings. The molecule has 9 heteroatoms. The minimum absolute atomic E-state index is 0.462. The number of ether oxygens (including phenoxy) is 1. The van der Waals surface area contributed by atoms with E-state index in [1.165, 1.54) is 0 Å². The smallest absolute Gasteiger partial charge is 0.404 e. The molecule has 0 unspecified atom stereocenters. The third-order valence-corrected chi connectivity index (χ3v) is 2.40. The average molecular weight is 266 g/mol. The van der Waals surface area contributed by atoms with Gasteiger partial charge in [0.05, 0.1) is 6.61 Å². The van der Waals surface area contributed by atoms with Crippen LogP contribution in [0.3, 0.4) is 0 Å². The summed E-state index contributed by atoms with van der Waals surface area (Å²) in [5, 5.41) is -5.08. The largest absolute Gasteiger partial charge is 0.466 e. The van der Waals surface area contributed by atoms with Gasteiger partial charge in [-0.3, -0.25) is 4.79 Å². The first kappa shape index (κ1) is 15.1. The van der Waals surface area contributed by atoms with Crippen molar-refractivity contribution in [3.63, 3.8) is 0 Å². The molecule has 0 heterocycles. The summed E-state index contributed by atoms with van der Waals surface area (Å²) in [6, 6.07) is 0. The molecular formula is C7H10F4O4S. The molecule has 0 rings (SSSR count). The number of esters is 1. The van der Waals surface area contributed by atoms with Gasteiger partial charge in [-0.2, -0.15) is 17.6 Å². The number of hydrogen-bond donors (Lipinski definition) is 1. The van der Waals surface area contributed by atoms with Crippen molar-refractivity contribution in [1.29, 1.82) is 0 Å². The molecule has 96 valence electrons. The number of rotatable bonds is 6. The molecule has 0 bridgehead atoms. The van der Waals surface area contributed by atoms with Crippen LogP contribution in [-0.4, -0.2) is 32.2 Å².